The van der Waals surface area contributed by atoms with Crippen LogP contribution in [-0.2, 0) is 24.2 Å². The topological polar surface area (TPSA) is 119 Å². The maximum Gasteiger partial charge on any atom is 0.321 e. The fraction of sp³-hybridized carbons (Fsp3) is 0.438. The minimum Gasteiger partial charge on any atom is -0.453 e. The van der Waals surface area contributed by atoms with Gasteiger partial charge < -0.3 is 10.1 Å². The van der Waals surface area contributed by atoms with Gasteiger partial charge in [0.05, 0.1) is 17.1 Å². The molecule has 1 rings (SSSR count). The number of amides is 3. The Hall–Kier alpha value is -2.42. The van der Waals surface area contributed by atoms with Gasteiger partial charge in [0.2, 0.25) is 0 Å². The molecule has 0 saturated heterocycles. The fourth-order valence-corrected chi connectivity index (χ4v) is 3.03. The number of hydrogen-bond acceptors (Lipinski definition) is 6. The van der Waals surface area contributed by atoms with Crippen molar-refractivity contribution in [2.45, 2.75) is 38.2 Å². The molecule has 1 atom stereocenters. The van der Waals surface area contributed by atoms with Gasteiger partial charge in [0.1, 0.15) is 0 Å². The summed E-state index contributed by atoms with van der Waals surface area (Å²) in [5, 5.41) is 4.37. The van der Waals surface area contributed by atoms with Crippen molar-refractivity contribution in [3.05, 3.63) is 29.8 Å². The molecule has 0 radical (unpaired) electrons. The van der Waals surface area contributed by atoms with E-state index >= 15 is 0 Å². The van der Waals surface area contributed by atoms with Crippen molar-refractivity contribution in [2.24, 2.45) is 0 Å². The zero-order valence-electron chi connectivity index (χ0n) is 14.4. The van der Waals surface area contributed by atoms with E-state index < -0.39 is 46.0 Å². The molecule has 0 heterocycles. The van der Waals surface area contributed by atoms with Gasteiger partial charge in [-0.15, -0.1) is 0 Å². The van der Waals surface area contributed by atoms with E-state index in [1.165, 1.54) is 19.1 Å². The molecule has 1 aromatic rings. The third-order valence-electron chi connectivity index (χ3n) is 3.21. The van der Waals surface area contributed by atoms with Gasteiger partial charge in [-0.1, -0.05) is 17.7 Å². The second kappa shape index (κ2) is 9.16. The Kier molecular flexibility index (Phi) is 7.56. The molecule has 0 unspecified atom stereocenters. The maximum absolute atomic E-state index is 12.1. The van der Waals surface area contributed by atoms with Crippen molar-refractivity contribution < 1.29 is 27.5 Å². The van der Waals surface area contributed by atoms with Gasteiger partial charge in [0.25, 0.3) is 5.91 Å². The summed E-state index contributed by atoms with van der Waals surface area (Å²) >= 11 is 0. The van der Waals surface area contributed by atoms with Crippen LogP contribution in [0.4, 0.5) is 4.79 Å². The summed E-state index contributed by atoms with van der Waals surface area (Å²) < 4.78 is 29.1. The van der Waals surface area contributed by atoms with Gasteiger partial charge in [0.15, 0.2) is 15.9 Å². The first kappa shape index (κ1) is 20.6. The molecule has 138 valence electrons. The first-order valence-corrected chi connectivity index (χ1v) is 9.38. The second-order valence-corrected chi connectivity index (χ2v) is 7.47. The number of sulfone groups is 1. The van der Waals surface area contributed by atoms with Crippen LogP contribution in [0.25, 0.3) is 0 Å². The number of hydrogen-bond donors (Lipinski definition) is 2. The largest absolute Gasteiger partial charge is 0.453 e. The van der Waals surface area contributed by atoms with Crippen LogP contribution in [0.15, 0.2) is 29.2 Å². The van der Waals surface area contributed by atoms with E-state index in [-0.39, 0.29) is 4.90 Å². The van der Waals surface area contributed by atoms with Gasteiger partial charge in [-0.2, -0.15) is 0 Å². The average molecular weight is 370 g/mol. The fourth-order valence-electron chi connectivity index (χ4n) is 1.81. The molecule has 2 N–H and O–H groups in total. The Labute approximate surface area is 146 Å². The summed E-state index contributed by atoms with van der Waals surface area (Å²) in [6.07, 6.45) is -1.60. The number of rotatable bonds is 7. The number of nitrogens with one attached hydrogen (secondary N) is 2. The normalized spacial score (nSPS) is 12.1. The second-order valence-electron chi connectivity index (χ2n) is 5.36. The molecule has 0 aromatic heterocycles. The Bertz CT molecular complexity index is 727. The van der Waals surface area contributed by atoms with E-state index in [0.717, 1.165) is 5.56 Å². The van der Waals surface area contributed by atoms with Crippen molar-refractivity contribution in [1.29, 1.82) is 0 Å². The number of imide groups is 1. The average Bonchev–Trinajstić information content (AvgIpc) is 2.53. The Morgan fingerprint density at radius 2 is 1.76 bits per heavy atom. The van der Waals surface area contributed by atoms with Crippen LogP contribution in [0.1, 0.15) is 25.8 Å². The van der Waals surface area contributed by atoms with Crippen molar-refractivity contribution in [1.82, 2.24) is 10.6 Å². The molecule has 0 spiro atoms. The van der Waals surface area contributed by atoms with Crippen molar-refractivity contribution in [3.8, 4) is 0 Å². The summed E-state index contributed by atoms with van der Waals surface area (Å²) in [6, 6.07) is 5.58. The van der Waals surface area contributed by atoms with Crippen molar-refractivity contribution >= 4 is 27.7 Å². The Balaban J connectivity index is 2.52. The first-order chi connectivity index (χ1) is 11.7. The highest BCUT2D eigenvalue weighted by Crippen LogP contribution is 2.13. The summed E-state index contributed by atoms with van der Waals surface area (Å²) in [6.45, 7) is 5.15. The number of esters is 1. The van der Waals surface area contributed by atoms with Crippen LogP contribution in [0.3, 0.4) is 0 Å². The number of ether oxygens (including phenoxy) is 1. The lowest BCUT2D eigenvalue weighted by molar-refractivity contribution is -0.154. The molecular formula is C16H22N2O6S. The van der Waals surface area contributed by atoms with E-state index in [4.69, 9.17) is 4.74 Å². The van der Waals surface area contributed by atoms with Crippen LogP contribution in [0.5, 0.6) is 0 Å². The van der Waals surface area contributed by atoms with E-state index in [0.29, 0.717) is 6.54 Å². The smallest absolute Gasteiger partial charge is 0.321 e. The zero-order valence-corrected chi connectivity index (χ0v) is 15.2. The monoisotopic (exact) mass is 370 g/mol. The summed E-state index contributed by atoms with van der Waals surface area (Å²) in [5.74, 6) is -2.06. The van der Waals surface area contributed by atoms with Gasteiger partial charge in [-0.3, -0.25) is 14.9 Å². The summed E-state index contributed by atoms with van der Waals surface area (Å²) in [4.78, 5) is 34.7. The van der Waals surface area contributed by atoms with Gasteiger partial charge in [0, 0.05) is 6.54 Å². The van der Waals surface area contributed by atoms with Crippen LogP contribution in [0, 0.1) is 6.92 Å². The predicted octanol–water partition coefficient (Wildman–Crippen LogP) is 0.936. The third kappa shape index (κ3) is 6.92. The number of benzene rings is 1. The SMILES string of the molecule is CCNC(=O)NC(=O)[C@@H](C)OC(=O)CCS(=O)(=O)c1ccc(C)cc1. The molecule has 8 nitrogen and oxygen atoms in total. The molecule has 3 amide bonds. The lowest BCUT2D eigenvalue weighted by Gasteiger charge is -2.13. The van der Waals surface area contributed by atoms with E-state index in [1.54, 1.807) is 19.1 Å². The minimum atomic E-state index is -3.62. The van der Waals surface area contributed by atoms with Crippen LogP contribution >= 0.6 is 0 Å². The molecule has 0 bridgehead atoms. The molecule has 0 fully saturated rings. The number of carbonyl (C=O) groups excluding carboxylic acids is 3. The van der Waals surface area contributed by atoms with E-state index in [1.807, 2.05) is 12.2 Å². The molecule has 0 aliphatic carbocycles. The summed E-state index contributed by atoms with van der Waals surface area (Å²) in [7, 11) is -3.62. The number of aryl methyl sites for hydroxylation is 1. The minimum absolute atomic E-state index is 0.118. The Morgan fingerprint density at radius 1 is 1.16 bits per heavy atom. The molecule has 0 aliphatic heterocycles. The van der Waals surface area contributed by atoms with Gasteiger partial charge >= 0.3 is 12.0 Å². The lowest BCUT2D eigenvalue weighted by atomic mass is 10.2. The van der Waals surface area contributed by atoms with Crippen LogP contribution < -0.4 is 10.6 Å². The highest BCUT2D eigenvalue weighted by molar-refractivity contribution is 7.91. The molecule has 0 saturated carbocycles. The summed E-state index contributed by atoms with van der Waals surface area (Å²) in [5.41, 5.74) is 0.922. The third-order valence-corrected chi connectivity index (χ3v) is 4.94. The molecule has 25 heavy (non-hydrogen) atoms. The quantitative estimate of drug-likeness (QED) is 0.690. The van der Waals surface area contributed by atoms with E-state index in [9.17, 15) is 22.8 Å². The molecule has 1 aromatic carbocycles. The first-order valence-electron chi connectivity index (χ1n) is 7.73. The predicted molar refractivity (Wildman–Crippen MR) is 90.6 cm³/mol. The lowest BCUT2D eigenvalue weighted by Crippen LogP contribution is -2.44. The molecule has 9 heteroatoms. The highest BCUT2D eigenvalue weighted by atomic mass is 32.2. The van der Waals surface area contributed by atoms with E-state index in [2.05, 4.69) is 5.32 Å². The standard InChI is InChI=1S/C16H22N2O6S/c1-4-17-16(21)18-15(20)12(3)24-14(19)9-10-25(22,23)13-7-5-11(2)6-8-13/h5-8,12H,4,9-10H2,1-3H3,(H2,17,18,20,21)/t12-/m1/s1. The Morgan fingerprint density at radius 3 is 2.32 bits per heavy atom. The molecular weight excluding hydrogens is 348 g/mol. The number of carbonyl (C=O) groups is 3. The van der Waals surface area contributed by atoms with Crippen LogP contribution in [0.2, 0.25) is 0 Å². The van der Waals surface area contributed by atoms with Crippen molar-refractivity contribution in [2.75, 3.05) is 12.3 Å². The zero-order chi connectivity index (χ0) is 19.0. The molecule has 0 aliphatic rings. The van der Waals surface area contributed by atoms with Crippen molar-refractivity contribution in [3.63, 3.8) is 0 Å². The van der Waals surface area contributed by atoms with Gasteiger partial charge in [-0.05, 0) is 32.9 Å². The maximum atomic E-state index is 12.1. The van der Waals surface area contributed by atoms with Gasteiger partial charge in [-0.25, -0.2) is 13.2 Å². The highest BCUT2D eigenvalue weighted by Gasteiger charge is 2.22. The van der Waals surface area contributed by atoms with Crippen LogP contribution in [-0.4, -0.2) is 44.7 Å². The number of urea groups is 1.